The average Bonchev–Trinajstić information content (AvgIpc) is 3.24. The van der Waals surface area contributed by atoms with Crippen molar-refractivity contribution in [2.24, 2.45) is 5.92 Å². The Balaban J connectivity index is 1.55. The van der Waals surface area contributed by atoms with E-state index in [4.69, 9.17) is 10.5 Å². The number of nitrogens with two attached hydrogens (primary N) is 1. The molecular formula is C16H23N3O2. The minimum atomic E-state index is -0.107. The molecule has 1 aliphatic carbocycles. The second kappa shape index (κ2) is 5.93. The predicted molar refractivity (Wildman–Crippen MR) is 82.4 cm³/mol. The molecule has 2 fully saturated rings. The van der Waals surface area contributed by atoms with E-state index in [-0.39, 0.29) is 5.91 Å². The number of likely N-dealkylation sites (tertiary alicyclic amines) is 1. The molecule has 2 aliphatic rings. The molecule has 0 aromatic heterocycles. The van der Waals surface area contributed by atoms with Crippen LogP contribution >= 0.6 is 0 Å². The Morgan fingerprint density at radius 2 is 2.24 bits per heavy atom. The molecule has 1 atom stereocenters. The number of nitrogen functional groups attached to an aromatic ring is 1. The third-order valence-electron chi connectivity index (χ3n) is 4.40. The fourth-order valence-electron chi connectivity index (χ4n) is 3.04. The molecule has 1 unspecified atom stereocenters. The molecule has 1 saturated carbocycles. The number of methoxy groups -OCH3 is 1. The summed E-state index contributed by atoms with van der Waals surface area (Å²) in [7, 11) is 1.56. The van der Waals surface area contributed by atoms with Crippen LogP contribution in [0.5, 0.6) is 5.75 Å². The van der Waals surface area contributed by atoms with E-state index in [1.165, 1.54) is 25.8 Å². The number of hydrogen-bond donors (Lipinski definition) is 2. The number of hydrogen-bond acceptors (Lipinski definition) is 4. The van der Waals surface area contributed by atoms with E-state index in [1.54, 1.807) is 25.3 Å². The van der Waals surface area contributed by atoms with Gasteiger partial charge in [-0.25, -0.2) is 0 Å². The van der Waals surface area contributed by atoms with Crippen LogP contribution in [0.3, 0.4) is 0 Å². The number of nitrogens with one attached hydrogen (secondary N) is 1. The first-order valence-corrected chi connectivity index (χ1v) is 7.63. The summed E-state index contributed by atoms with van der Waals surface area (Å²) in [6.45, 7) is 3.01. The summed E-state index contributed by atoms with van der Waals surface area (Å²) in [6.07, 6.45) is 3.87. The number of nitrogens with zero attached hydrogens (tertiary/aromatic N) is 1. The molecule has 114 valence electrons. The summed E-state index contributed by atoms with van der Waals surface area (Å²) in [5.41, 5.74) is 6.83. The van der Waals surface area contributed by atoms with Crippen molar-refractivity contribution in [2.75, 3.05) is 32.5 Å². The summed E-state index contributed by atoms with van der Waals surface area (Å²) in [6, 6.07) is 5.95. The van der Waals surface area contributed by atoms with Crippen molar-refractivity contribution in [3.05, 3.63) is 23.8 Å². The Morgan fingerprint density at radius 3 is 2.95 bits per heavy atom. The molecular weight excluding hydrogens is 266 g/mol. The monoisotopic (exact) mass is 289 g/mol. The van der Waals surface area contributed by atoms with Gasteiger partial charge in [-0.05, 0) is 49.9 Å². The Morgan fingerprint density at radius 1 is 1.43 bits per heavy atom. The number of carbonyl (C=O) groups is 1. The zero-order chi connectivity index (χ0) is 14.8. The standard InChI is InChI=1S/C16H23N3O2/c1-21-15-5-2-12(17)8-14(15)16(20)18-9-11-6-7-19(10-11)13-3-4-13/h2,5,8,11,13H,3-4,6-7,9-10,17H2,1H3,(H,18,20). The van der Waals surface area contributed by atoms with Gasteiger partial charge in [0.2, 0.25) is 0 Å². The summed E-state index contributed by atoms with van der Waals surface area (Å²) in [5, 5.41) is 3.02. The average molecular weight is 289 g/mol. The minimum Gasteiger partial charge on any atom is -0.496 e. The van der Waals surface area contributed by atoms with Gasteiger partial charge in [0, 0.05) is 24.8 Å². The third-order valence-corrected chi connectivity index (χ3v) is 4.40. The number of amides is 1. The largest absolute Gasteiger partial charge is 0.496 e. The van der Waals surface area contributed by atoms with Crippen molar-refractivity contribution in [3.63, 3.8) is 0 Å². The number of benzene rings is 1. The molecule has 5 heteroatoms. The second-order valence-corrected chi connectivity index (χ2v) is 6.05. The van der Waals surface area contributed by atoms with E-state index < -0.39 is 0 Å². The van der Waals surface area contributed by atoms with Gasteiger partial charge in [0.1, 0.15) is 5.75 Å². The van der Waals surface area contributed by atoms with Crippen LogP contribution in [0, 0.1) is 5.92 Å². The van der Waals surface area contributed by atoms with Crippen LogP contribution < -0.4 is 15.8 Å². The SMILES string of the molecule is COc1ccc(N)cc1C(=O)NCC1CCN(C2CC2)C1. The fraction of sp³-hybridized carbons (Fsp3) is 0.562. The van der Waals surface area contributed by atoms with E-state index >= 15 is 0 Å². The normalized spacial score (nSPS) is 22.2. The zero-order valence-corrected chi connectivity index (χ0v) is 12.5. The molecule has 3 N–H and O–H groups in total. The summed E-state index contributed by atoms with van der Waals surface area (Å²) in [4.78, 5) is 14.9. The smallest absolute Gasteiger partial charge is 0.255 e. The fourth-order valence-corrected chi connectivity index (χ4v) is 3.04. The Labute approximate surface area is 125 Å². The van der Waals surface area contributed by atoms with Crippen LogP contribution in [0.1, 0.15) is 29.6 Å². The van der Waals surface area contributed by atoms with E-state index in [9.17, 15) is 4.79 Å². The molecule has 1 aromatic rings. The third kappa shape index (κ3) is 3.29. The van der Waals surface area contributed by atoms with Crippen LogP contribution in [-0.4, -0.2) is 43.6 Å². The Kier molecular flexibility index (Phi) is 4.01. The first-order valence-electron chi connectivity index (χ1n) is 7.63. The lowest BCUT2D eigenvalue weighted by atomic mass is 10.1. The molecule has 21 heavy (non-hydrogen) atoms. The number of anilines is 1. The lowest BCUT2D eigenvalue weighted by molar-refractivity contribution is 0.0944. The van der Waals surface area contributed by atoms with Crippen LogP contribution in [0.15, 0.2) is 18.2 Å². The molecule has 3 rings (SSSR count). The maximum atomic E-state index is 12.3. The van der Waals surface area contributed by atoms with E-state index in [1.807, 2.05) is 0 Å². The molecule has 1 amide bonds. The molecule has 1 aromatic carbocycles. The van der Waals surface area contributed by atoms with Crippen LogP contribution in [0.25, 0.3) is 0 Å². The molecule has 0 radical (unpaired) electrons. The van der Waals surface area contributed by atoms with Gasteiger partial charge in [0.25, 0.3) is 5.91 Å². The summed E-state index contributed by atoms with van der Waals surface area (Å²) < 4.78 is 5.23. The van der Waals surface area contributed by atoms with E-state index in [0.717, 1.165) is 19.1 Å². The van der Waals surface area contributed by atoms with Gasteiger partial charge in [0.15, 0.2) is 0 Å². The highest BCUT2D eigenvalue weighted by Gasteiger charge is 2.34. The zero-order valence-electron chi connectivity index (χ0n) is 12.5. The van der Waals surface area contributed by atoms with Crippen molar-refractivity contribution in [1.29, 1.82) is 0 Å². The quantitative estimate of drug-likeness (QED) is 0.806. The van der Waals surface area contributed by atoms with E-state index in [0.29, 0.717) is 22.9 Å². The lowest BCUT2D eigenvalue weighted by Crippen LogP contribution is -2.31. The van der Waals surface area contributed by atoms with Crippen molar-refractivity contribution >= 4 is 11.6 Å². The summed E-state index contributed by atoms with van der Waals surface area (Å²) in [5.74, 6) is 1.01. The van der Waals surface area contributed by atoms with Gasteiger partial charge in [-0.2, -0.15) is 0 Å². The maximum absolute atomic E-state index is 12.3. The minimum absolute atomic E-state index is 0.107. The van der Waals surface area contributed by atoms with Gasteiger partial charge >= 0.3 is 0 Å². The maximum Gasteiger partial charge on any atom is 0.255 e. The molecule has 0 bridgehead atoms. The lowest BCUT2D eigenvalue weighted by Gasteiger charge is -2.15. The summed E-state index contributed by atoms with van der Waals surface area (Å²) >= 11 is 0. The van der Waals surface area contributed by atoms with Crippen molar-refractivity contribution in [3.8, 4) is 5.75 Å². The first-order chi connectivity index (χ1) is 10.2. The van der Waals surface area contributed by atoms with Gasteiger partial charge < -0.3 is 20.7 Å². The molecule has 1 heterocycles. The highest BCUT2D eigenvalue weighted by Crippen LogP contribution is 2.31. The molecule has 0 spiro atoms. The van der Waals surface area contributed by atoms with Gasteiger partial charge in [-0.3, -0.25) is 4.79 Å². The second-order valence-electron chi connectivity index (χ2n) is 6.05. The highest BCUT2D eigenvalue weighted by atomic mass is 16.5. The Hall–Kier alpha value is -1.75. The Bertz CT molecular complexity index is 528. The van der Waals surface area contributed by atoms with Crippen LogP contribution in [0.4, 0.5) is 5.69 Å². The van der Waals surface area contributed by atoms with Crippen molar-refractivity contribution in [2.45, 2.75) is 25.3 Å². The van der Waals surface area contributed by atoms with Gasteiger partial charge in [0.05, 0.1) is 12.7 Å². The molecule has 5 nitrogen and oxygen atoms in total. The first kappa shape index (κ1) is 14.2. The molecule has 1 saturated heterocycles. The topological polar surface area (TPSA) is 67.6 Å². The van der Waals surface area contributed by atoms with Crippen LogP contribution in [0.2, 0.25) is 0 Å². The van der Waals surface area contributed by atoms with Crippen LogP contribution in [-0.2, 0) is 0 Å². The van der Waals surface area contributed by atoms with Gasteiger partial charge in [-0.1, -0.05) is 0 Å². The highest BCUT2D eigenvalue weighted by molar-refractivity contribution is 5.97. The van der Waals surface area contributed by atoms with Crippen molar-refractivity contribution < 1.29 is 9.53 Å². The molecule has 1 aliphatic heterocycles. The number of rotatable bonds is 5. The van der Waals surface area contributed by atoms with E-state index in [2.05, 4.69) is 10.2 Å². The predicted octanol–water partition coefficient (Wildman–Crippen LogP) is 1.49. The number of ether oxygens (including phenoxy) is 1. The van der Waals surface area contributed by atoms with Gasteiger partial charge in [-0.15, -0.1) is 0 Å². The van der Waals surface area contributed by atoms with Crippen molar-refractivity contribution in [1.82, 2.24) is 10.2 Å². The number of carbonyl (C=O) groups excluding carboxylic acids is 1.